The second-order valence-corrected chi connectivity index (χ2v) is 5.24. The molecule has 2 rings (SSSR count). The van der Waals surface area contributed by atoms with E-state index in [-0.39, 0.29) is 17.8 Å². The van der Waals surface area contributed by atoms with Crippen LogP contribution in [0.1, 0.15) is 31.2 Å². The van der Waals surface area contributed by atoms with Crippen molar-refractivity contribution in [3.8, 4) is 0 Å². The smallest absolute Gasteiger partial charge is 0.228 e. The number of piperidine rings is 1. The van der Waals surface area contributed by atoms with Crippen molar-refractivity contribution in [2.24, 2.45) is 0 Å². The Kier molecular flexibility index (Phi) is 4.53. The molecule has 1 heterocycles. The van der Waals surface area contributed by atoms with Gasteiger partial charge in [-0.1, -0.05) is 6.42 Å². The molecular formula is C15H21FN2O. The third-order valence-corrected chi connectivity index (χ3v) is 3.74. The van der Waals surface area contributed by atoms with Crippen LogP contribution in [-0.2, 0) is 4.79 Å². The van der Waals surface area contributed by atoms with Gasteiger partial charge >= 0.3 is 0 Å². The lowest BCUT2D eigenvalue weighted by Gasteiger charge is -2.25. The van der Waals surface area contributed by atoms with E-state index >= 15 is 0 Å². The monoisotopic (exact) mass is 264 g/mol. The van der Waals surface area contributed by atoms with Crippen LogP contribution in [0.2, 0.25) is 0 Å². The van der Waals surface area contributed by atoms with Crippen LogP contribution in [0, 0.1) is 12.7 Å². The van der Waals surface area contributed by atoms with Crippen LogP contribution < -0.4 is 10.2 Å². The molecule has 1 fully saturated rings. The maximum Gasteiger partial charge on any atom is 0.228 e. The summed E-state index contributed by atoms with van der Waals surface area (Å²) in [6, 6.07) is 5.05. The molecule has 1 aromatic carbocycles. The number of nitrogens with one attached hydrogen (secondary N) is 1. The van der Waals surface area contributed by atoms with E-state index in [1.807, 2.05) is 0 Å². The number of carbonyl (C=O) groups excluding carboxylic acids is 1. The molecule has 0 bridgehead atoms. The highest BCUT2D eigenvalue weighted by molar-refractivity contribution is 5.93. The number of aryl methyl sites for hydroxylation is 1. The summed E-state index contributed by atoms with van der Waals surface area (Å²) in [6.45, 7) is 2.71. The number of hydrogen-bond donors (Lipinski definition) is 1. The second kappa shape index (κ2) is 6.15. The van der Waals surface area contributed by atoms with Gasteiger partial charge in [-0.2, -0.15) is 0 Å². The molecule has 1 saturated heterocycles. The minimum atomic E-state index is -0.237. The Hall–Kier alpha value is -1.42. The fourth-order valence-electron chi connectivity index (χ4n) is 2.43. The minimum absolute atomic E-state index is 0.0745. The third kappa shape index (κ3) is 3.53. The van der Waals surface area contributed by atoms with Crippen LogP contribution in [0.15, 0.2) is 18.2 Å². The Morgan fingerprint density at radius 2 is 2.26 bits per heavy atom. The van der Waals surface area contributed by atoms with Crippen LogP contribution in [0.25, 0.3) is 0 Å². The van der Waals surface area contributed by atoms with Gasteiger partial charge < -0.3 is 10.2 Å². The highest BCUT2D eigenvalue weighted by atomic mass is 19.1. The van der Waals surface area contributed by atoms with Crippen molar-refractivity contribution >= 4 is 11.6 Å². The van der Waals surface area contributed by atoms with Gasteiger partial charge in [0, 0.05) is 25.2 Å². The van der Waals surface area contributed by atoms with Crippen molar-refractivity contribution < 1.29 is 9.18 Å². The van der Waals surface area contributed by atoms with Gasteiger partial charge in [0.25, 0.3) is 0 Å². The van der Waals surface area contributed by atoms with Crippen LogP contribution in [0.3, 0.4) is 0 Å². The number of rotatable bonds is 3. The lowest BCUT2D eigenvalue weighted by atomic mass is 10.0. The molecule has 19 heavy (non-hydrogen) atoms. The van der Waals surface area contributed by atoms with Crippen molar-refractivity contribution in [2.45, 2.75) is 38.6 Å². The van der Waals surface area contributed by atoms with E-state index < -0.39 is 0 Å². The number of amides is 1. The molecular weight excluding hydrogens is 243 g/mol. The molecule has 1 unspecified atom stereocenters. The Balaban J connectivity index is 1.99. The zero-order chi connectivity index (χ0) is 13.8. The lowest BCUT2D eigenvalue weighted by Crippen LogP contribution is -2.39. The van der Waals surface area contributed by atoms with Crippen LogP contribution in [0.4, 0.5) is 10.1 Å². The van der Waals surface area contributed by atoms with Gasteiger partial charge in [0.05, 0.1) is 0 Å². The van der Waals surface area contributed by atoms with Crippen molar-refractivity contribution in [3.63, 3.8) is 0 Å². The van der Waals surface area contributed by atoms with Crippen molar-refractivity contribution in [1.82, 2.24) is 5.32 Å². The van der Waals surface area contributed by atoms with E-state index in [1.54, 1.807) is 31.0 Å². The zero-order valence-electron chi connectivity index (χ0n) is 11.6. The molecule has 0 saturated carbocycles. The van der Waals surface area contributed by atoms with Gasteiger partial charge in [-0.15, -0.1) is 0 Å². The number of anilines is 1. The molecule has 0 aromatic heterocycles. The predicted molar refractivity (Wildman–Crippen MR) is 74.8 cm³/mol. The summed E-state index contributed by atoms with van der Waals surface area (Å²) < 4.78 is 13.2. The van der Waals surface area contributed by atoms with E-state index in [4.69, 9.17) is 0 Å². The predicted octanol–water partition coefficient (Wildman–Crippen LogP) is 2.63. The minimum Gasteiger partial charge on any atom is -0.315 e. The van der Waals surface area contributed by atoms with Crippen LogP contribution in [-0.4, -0.2) is 25.5 Å². The molecule has 1 atom stereocenters. The third-order valence-electron chi connectivity index (χ3n) is 3.74. The largest absolute Gasteiger partial charge is 0.315 e. The van der Waals surface area contributed by atoms with E-state index in [0.29, 0.717) is 12.0 Å². The topological polar surface area (TPSA) is 32.3 Å². The van der Waals surface area contributed by atoms with Crippen LogP contribution in [0.5, 0.6) is 0 Å². The summed E-state index contributed by atoms with van der Waals surface area (Å²) in [7, 11) is 1.75. The average molecular weight is 264 g/mol. The Labute approximate surface area is 113 Å². The van der Waals surface area contributed by atoms with E-state index in [9.17, 15) is 9.18 Å². The normalized spacial score (nSPS) is 19.2. The summed E-state index contributed by atoms with van der Waals surface area (Å²) >= 11 is 0. The summed E-state index contributed by atoms with van der Waals surface area (Å²) in [5.74, 6) is -0.163. The molecule has 4 heteroatoms. The van der Waals surface area contributed by atoms with Gasteiger partial charge in [0.15, 0.2) is 0 Å². The Bertz CT molecular complexity index is 455. The fourth-order valence-corrected chi connectivity index (χ4v) is 2.43. The van der Waals surface area contributed by atoms with Gasteiger partial charge in [-0.25, -0.2) is 4.39 Å². The summed E-state index contributed by atoms with van der Waals surface area (Å²) in [5, 5.41) is 3.37. The SMILES string of the molecule is Cc1cc(N(C)C(=O)CC2CCCCN2)ccc1F. The number of benzene rings is 1. The summed E-state index contributed by atoms with van der Waals surface area (Å²) in [5.41, 5.74) is 1.31. The quantitative estimate of drug-likeness (QED) is 0.910. The first kappa shape index (κ1) is 14.0. The molecule has 0 spiro atoms. The fraction of sp³-hybridized carbons (Fsp3) is 0.533. The van der Waals surface area contributed by atoms with Crippen molar-refractivity contribution in [2.75, 3.05) is 18.5 Å². The van der Waals surface area contributed by atoms with Crippen LogP contribution >= 0.6 is 0 Å². The molecule has 1 aromatic rings. The van der Waals surface area contributed by atoms with E-state index in [2.05, 4.69) is 5.32 Å². The Morgan fingerprint density at radius 3 is 2.89 bits per heavy atom. The van der Waals surface area contributed by atoms with E-state index in [0.717, 1.165) is 18.7 Å². The van der Waals surface area contributed by atoms with Gasteiger partial charge in [-0.3, -0.25) is 4.79 Å². The molecule has 0 aliphatic carbocycles. The maximum atomic E-state index is 13.2. The molecule has 1 amide bonds. The standard InChI is InChI=1S/C15H21FN2O/c1-11-9-13(6-7-14(11)16)18(2)15(19)10-12-5-3-4-8-17-12/h6-7,9,12,17H,3-5,8,10H2,1-2H3. The zero-order valence-corrected chi connectivity index (χ0v) is 11.6. The maximum absolute atomic E-state index is 13.2. The molecule has 0 radical (unpaired) electrons. The molecule has 1 N–H and O–H groups in total. The first-order valence-electron chi connectivity index (χ1n) is 6.84. The molecule has 1 aliphatic heterocycles. The lowest BCUT2D eigenvalue weighted by molar-refractivity contribution is -0.118. The van der Waals surface area contributed by atoms with Crippen molar-refractivity contribution in [3.05, 3.63) is 29.6 Å². The first-order chi connectivity index (χ1) is 9.08. The molecule has 1 aliphatic rings. The molecule has 3 nitrogen and oxygen atoms in total. The van der Waals surface area contributed by atoms with Gasteiger partial charge in [0.2, 0.25) is 5.91 Å². The second-order valence-electron chi connectivity index (χ2n) is 5.24. The van der Waals surface area contributed by atoms with Gasteiger partial charge in [0.1, 0.15) is 5.82 Å². The highest BCUT2D eigenvalue weighted by Gasteiger charge is 2.19. The number of halogens is 1. The Morgan fingerprint density at radius 1 is 1.47 bits per heavy atom. The highest BCUT2D eigenvalue weighted by Crippen LogP contribution is 2.19. The van der Waals surface area contributed by atoms with Crippen molar-refractivity contribution in [1.29, 1.82) is 0 Å². The number of carbonyl (C=O) groups is 1. The summed E-state index contributed by atoms with van der Waals surface area (Å²) in [6.07, 6.45) is 3.94. The number of nitrogens with zero attached hydrogens (tertiary/aromatic N) is 1. The summed E-state index contributed by atoms with van der Waals surface area (Å²) in [4.78, 5) is 13.8. The number of hydrogen-bond acceptors (Lipinski definition) is 2. The van der Waals surface area contributed by atoms with Gasteiger partial charge in [-0.05, 0) is 50.1 Å². The average Bonchev–Trinajstić information content (AvgIpc) is 2.42. The molecule has 104 valence electrons. The van der Waals surface area contributed by atoms with E-state index in [1.165, 1.54) is 18.9 Å². The first-order valence-corrected chi connectivity index (χ1v) is 6.84.